The van der Waals surface area contributed by atoms with Crippen molar-refractivity contribution in [2.24, 2.45) is 5.92 Å². The van der Waals surface area contributed by atoms with Gasteiger partial charge in [-0.1, -0.05) is 6.08 Å². The van der Waals surface area contributed by atoms with Crippen molar-refractivity contribution in [1.29, 1.82) is 5.26 Å². The molecule has 0 aliphatic carbocycles. The van der Waals surface area contributed by atoms with Gasteiger partial charge in [-0.3, -0.25) is 0 Å². The molecule has 3 atom stereocenters. The van der Waals surface area contributed by atoms with Crippen molar-refractivity contribution in [3.63, 3.8) is 0 Å². The minimum Gasteiger partial charge on any atom is -0.357 e. The Morgan fingerprint density at radius 1 is 1.36 bits per heavy atom. The molecule has 0 N–H and O–H groups in total. The molecule has 14 heavy (non-hydrogen) atoms. The van der Waals surface area contributed by atoms with Gasteiger partial charge in [0.05, 0.1) is 31.3 Å². The Morgan fingerprint density at radius 2 is 2.14 bits per heavy atom. The van der Waals surface area contributed by atoms with E-state index in [-0.39, 0.29) is 12.0 Å². The second kappa shape index (κ2) is 2.80. The first kappa shape index (κ1) is 8.42. The lowest BCUT2D eigenvalue weighted by atomic mass is 9.83. The van der Waals surface area contributed by atoms with Gasteiger partial charge >= 0.3 is 0 Å². The van der Waals surface area contributed by atoms with Crippen molar-refractivity contribution < 1.29 is 14.2 Å². The highest BCUT2D eigenvalue weighted by atomic mass is 16.7. The molecular formula is C10H11NO3. The third-order valence-corrected chi connectivity index (χ3v) is 3.09. The second-order valence-electron chi connectivity index (χ2n) is 3.86. The molecule has 0 radical (unpaired) electrons. The molecule has 2 fully saturated rings. The van der Waals surface area contributed by atoms with Gasteiger partial charge in [-0.2, -0.15) is 5.26 Å². The summed E-state index contributed by atoms with van der Waals surface area (Å²) in [5.74, 6) is -0.138. The quantitative estimate of drug-likeness (QED) is 0.572. The smallest absolute Gasteiger partial charge is 0.191 e. The number of hydrogen-bond donors (Lipinski definition) is 0. The first-order valence-electron chi connectivity index (χ1n) is 4.85. The summed E-state index contributed by atoms with van der Waals surface area (Å²) in [4.78, 5) is 0. The van der Waals surface area contributed by atoms with Crippen molar-refractivity contribution >= 4 is 0 Å². The molecule has 2 saturated heterocycles. The Hall–Kier alpha value is -0.890. The summed E-state index contributed by atoms with van der Waals surface area (Å²) < 4.78 is 16.6. The molecule has 3 heterocycles. The van der Waals surface area contributed by atoms with Gasteiger partial charge in [0.2, 0.25) is 0 Å². The van der Waals surface area contributed by atoms with Crippen LogP contribution in [-0.2, 0) is 14.2 Å². The maximum atomic E-state index is 9.04. The van der Waals surface area contributed by atoms with Crippen molar-refractivity contribution in [1.82, 2.24) is 0 Å². The zero-order chi connectivity index (χ0) is 9.60. The third-order valence-electron chi connectivity index (χ3n) is 3.09. The molecule has 74 valence electrons. The molecule has 3 aliphatic heterocycles. The zero-order valence-corrected chi connectivity index (χ0v) is 7.68. The maximum absolute atomic E-state index is 9.04. The summed E-state index contributed by atoms with van der Waals surface area (Å²) in [6, 6.07) is 2.28. The first-order valence-corrected chi connectivity index (χ1v) is 4.85. The average Bonchev–Trinajstić information content (AvgIpc) is 2.92. The Morgan fingerprint density at radius 3 is 2.79 bits per heavy atom. The predicted molar refractivity (Wildman–Crippen MR) is 46.2 cm³/mol. The standard InChI is InChI=1S/C10H11NO3/c11-6-7-5-8-1-2-10(7,14-8)9-12-3-4-13-9/h1-2,7-9H,3-5H2/t7-,8?,10-/m0/s1. The van der Waals surface area contributed by atoms with Crippen LogP contribution in [0.15, 0.2) is 12.2 Å². The van der Waals surface area contributed by atoms with Crippen molar-refractivity contribution in [2.45, 2.75) is 24.4 Å². The number of nitrogens with zero attached hydrogens (tertiary/aromatic N) is 1. The van der Waals surface area contributed by atoms with Crippen LogP contribution >= 0.6 is 0 Å². The average molecular weight is 193 g/mol. The van der Waals surface area contributed by atoms with Gasteiger partial charge in [-0.05, 0) is 12.5 Å². The summed E-state index contributed by atoms with van der Waals surface area (Å²) in [5, 5.41) is 9.04. The van der Waals surface area contributed by atoms with Crippen LogP contribution in [0, 0.1) is 17.2 Å². The fourth-order valence-electron chi connectivity index (χ4n) is 2.41. The topological polar surface area (TPSA) is 51.5 Å². The molecule has 3 rings (SSSR count). The number of fused-ring (bicyclic) bond motifs is 2. The van der Waals surface area contributed by atoms with E-state index in [2.05, 4.69) is 6.07 Å². The molecule has 0 spiro atoms. The largest absolute Gasteiger partial charge is 0.357 e. The SMILES string of the molecule is N#C[C@@H]1CC2C=C[C@]1(C1OCCO1)O2. The molecule has 0 aromatic heterocycles. The molecule has 4 nitrogen and oxygen atoms in total. The number of rotatable bonds is 1. The number of nitriles is 1. The van der Waals surface area contributed by atoms with Gasteiger partial charge in [0.15, 0.2) is 11.9 Å². The van der Waals surface area contributed by atoms with Gasteiger partial charge in [0, 0.05) is 0 Å². The molecule has 3 aliphatic rings. The van der Waals surface area contributed by atoms with E-state index >= 15 is 0 Å². The van der Waals surface area contributed by atoms with E-state index in [1.54, 1.807) is 0 Å². The normalized spacial score (nSPS) is 45.9. The van der Waals surface area contributed by atoms with E-state index in [1.807, 2.05) is 12.2 Å². The van der Waals surface area contributed by atoms with Crippen LogP contribution in [0.4, 0.5) is 0 Å². The van der Waals surface area contributed by atoms with Crippen molar-refractivity contribution in [3.8, 4) is 6.07 Å². The minimum atomic E-state index is -0.629. The summed E-state index contributed by atoms with van der Waals surface area (Å²) >= 11 is 0. The Bertz CT molecular complexity index is 316. The fraction of sp³-hybridized carbons (Fsp3) is 0.700. The highest BCUT2D eigenvalue weighted by molar-refractivity contribution is 5.26. The Labute approximate surface area is 82.0 Å². The highest BCUT2D eigenvalue weighted by Gasteiger charge is 2.57. The lowest BCUT2D eigenvalue weighted by Gasteiger charge is -2.30. The van der Waals surface area contributed by atoms with E-state index in [0.29, 0.717) is 13.2 Å². The van der Waals surface area contributed by atoms with Crippen LogP contribution < -0.4 is 0 Å². The fourth-order valence-corrected chi connectivity index (χ4v) is 2.41. The van der Waals surface area contributed by atoms with E-state index in [4.69, 9.17) is 19.5 Å². The lowest BCUT2D eigenvalue weighted by Crippen LogP contribution is -2.44. The van der Waals surface area contributed by atoms with E-state index < -0.39 is 11.9 Å². The summed E-state index contributed by atoms with van der Waals surface area (Å²) in [5.41, 5.74) is -0.629. The molecule has 0 saturated carbocycles. The van der Waals surface area contributed by atoms with Crippen LogP contribution in [0.3, 0.4) is 0 Å². The van der Waals surface area contributed by atoms with Crippen LogP contribution in [0.5, 0.6) is 0 Å². The van der Waals surface area contributed by atoms with Crippen LogP contribution in [0.1, 0.15) is 6.42 Å². The molecule has 0 aromatic rings. The Kier molecular flexibility index (Phi) is 1.68. The molecule has 2 bridgehead atoms. The second-order valence-corrected chi connectivity index (χ2v) is 3.86. The van der Waals surface area contributed by atoms with Gasteiger partial charge in [0.1, 0.15) is 0 Å². The Balaban J connectivity index is 1.93. The highest BCUT2D eigenvalue weighted by Crippen LogP contribution is 2.46. The van der Waals surface area contributed by atoms with E-state index in [1.165, 1.54) is 0 Å². The molecular weight excluding hydrogens is 182 g/mol. The van der Waals surface area contributed by atoms with Crippen LogP contribution in [0.2, 0.25) is 0 Å². The molecule has 4 heteroatoms. The molecule has 1 unspecified atom stereocenters. The number of ether oxygens (including phenoxy) is 3. The van der Waals surface area contributed by atoms with Crippen LogP contribution in [0.25, 0.3) is 0 Å². The molecule has 0 amide bonds. The zero-order valence-electron chi connectivity index (χ0n) is 7.68. The summed E-state index contributed by atoms with van der Waals surface area (Å²) in [7, 11) is 0. The minimum absolute atomic E-state index is 0.0763. The number of hydrogen-bond acceptors (Lipinski definition) is 4. The lowest BCUT2D eigenvalue weighted by molar-refractivity contribution is -0.172. The predicted octanol–water partition coefficient (Wildman–Crippen LogP) is 0.597. The first-order chi connectivity index (χ1) is 6.85. The van der Waals surface area contributed by atoms with Gasteiger partial charge in [-0.15, -0.1) is 0 Å². The molecule has 0 aromatic carbocycles. The van der Waals surface area contributed by atoms with Crippen molar-refractivity contribution in [3.05, 3.63) is 12.2 Å². The van der Waals surface area contributed by atoms with E-state index in [9.17, 15) is 0 Å². The summed E-state index contributed by atoms with van der Waals surface area (Å²) in [6.45, 7) is 1.18. The van der Waals surface area contributed by atoms with Gasteiger partial charge in [-0.25, -0.2) is 0 Å². The maximum Gasteiger partial charge on any atom is 0.191 e. The van der Waals surface area contributed by atoms with E-state index in [0.717, 1.165) is 6.42 Å². The van der Waals surface area contributed by atoms with Crippen molar-refractivity contribution in [2.75, 3.05) is 13.2 Å². The van der Waals surface area contributed by atoms with Gasteiger partial charge in [0.25, 0.3) is 0 Å². The summed E-state index contributed by atoms with van der Waals surface area (Å²) in [6.07, 6.45) is 4.38. The third kappa shape index (κ3) is 0.921. The monoisotopic (exact) mass is 193 g/mol. The van der Waals surface area contributed by atoms with Crippen LogP contribution in [-0.4, -0.2) is 31.2 Å². The van der Waals surface area contributed by atoms with Gasteiger partial charge < -0.3 is 14.2 Å².